The molecule has 1 aromatic heterocycles. The van der Waals surface area contributed by atoms with Gasteiger partial charge in [0.15, 0.2) is 0 Å². The lowest BCUT2D eigenvalue weighted by Crippen LogP contribution is -2.74. The molecule has 9 heteroatoms. The molecule has 0 unspecified atom stereocenters. The minimum atomic E-state index is -0.363. The van der Waals surface area contributed by atoms with Crippen LogP contribution in [0.2, 0.25) is 5.02 Å². The molecule has 0 bridgehead atoms. The van der Waals surface area contributed by atoms with Crippen molar-refractivity contribution >= 4 is 17.5 Å². The lowest BCUT2D eigenvalue weighted by Gasteiger charge is -2.63. The van der Waals surface area contributed by atoms with Gasteiger partial charge in [-0.2, -0.15) is 5.26 Å². The van der Waals surface area contributed by atoms with Crippen molar-refractivity contribution < 1.29 is 14.6 Å². The minimum Gasteiger partial charge on any atom is -0.489 e. The summed E-state index contributed by atoms with van der Waals surface area (Å²) in [5.74, 6) is 6.65. The van der Waals surface area contributed by atoms with Crippen LogP contribution >= 0.6 is 11.6 Å². The van der Waals surface area contributed by atoms with Gasteiger partial charge in [-0.05, 0) is 18.1 Å². The van der Waals surface area contributed by atoms with Gasteiger partial charge in [0.25, 0.3) is 5.91 Å². The Bertz CT molecular complexity index is 1220. The molecule has 1 aromatic carbocycles. The summed E-state index contributed by atoms with van der Waals surface area (Å²) in [6.07, 6.45) is 3.25. The zero-order valence-electron chi connectivity index (χ0n) is 20.9. The molecule has 2 heterocycles. The summed E-state index contributed by atoms with van der Waals surface area (Å²) in [5.41, 5.74) is 0.0364. The predicted molar refractivity (Wildman–Crippen MR) is 135 cm³/mol. The predicted octanol–water partition coefficient (Wildman–Crippen LogP) is 3.03. The van der Waals surface area contributed by atoms with E-state index in [1.807, 2.05) is 6.07 Å². The highest BCUT2D eigenvalue weighted by molar-refractivity contribution is 6.31. The third kappa shape index (κ3) is 5.17. The van der Waals surface area contributed by atoms with Crippen LogP contribution in [-0.4, -0.2) is 63.8 Å². The van der Waals surface area contributed by atoms with Crippen molar-refractivity contribution in [1.82, 2.24) is 20.2 Å². The zero-order chi connectivity index (χ0) is 26.1. The Labute approximate surface area is 216 Å². The van der Waals surface area contributed by atoms with Gasteiger partial charge in [-0.3, -0.25) is 9.69 Å². The molecule has 1 aliphatic carbocycles. The second kappa shape index (κ2) is 10.1. The number of halogens is 1. The number of β-amino-alcohol motifs (C(OH)–C–C–N with tert-alkyl or cyclic N) is 1. The standard InChI is InChI=1S/C27H30ClN5O3/c1-26(2)24(27(3,4)25(26)36-20-9-8-17(12-29)21(28)11-20)32-23(35)18-13-30-22(31-14-18)7-5-6-10-33-15-19(34)16-33/h8-9,11,13-14,19,24-25,34H,6,10,15-16H2,1-4H3,(H,32,35). The molecule has 2 N–H and O–H groups in total. The zero-order valence-corrected chi connectivity index (χ0v) is 21.6. The molecule has 1 saturated carbocycles. The average Bonchev–Trinajstić information content (AvgIpc) is 2.82. The van der Waals surface area contributed by atoms with Gasteiger partial charge in [0.1, 0.15) is 17.9 Å². The SMILES string of the molecule is CC1(C)C(NC(=O)c2cnc(C#CCCN3CC(O)C3)nc2)C(C)(C)C1Oc1ccc(C#N)c(Cl)c1. The van der Waals surface area contributed by atoms with Crippen LogP contribution in [0.5, 0.6) is 5.75 Å². The number of rotatable bonds is 6. The largest absolute Gasteiger partial charge is 0.489 e. The number of nitrogens with zero attached hydrogens (tertiary/aromatic N) is 4. The number of hydrogen-bond acceptors (Lipinski definition) is 7. The van der Waals surface area contributed by atoms with E-state index in [2.05, 4.69) is 59.7 Å². The Morgan fingerprint density at radius 2 is 1.92 bits per heavy atom. The first kappa shape index (κ1) is 25.9. The van der Waals surface area contributed by atoms with Gasteiger partial charge in [0.2, 0.25) is 5.82 Å². The van der Waals surface area contributed by atoms with Crippen molar-refractivity contribution in [3.63, 3.8) is 0 Å². The van der Waals surface area contributed by atoms with Gasteiger partial charge < -0.3 is 15.2 Å². The molecule has 0 radical (unpaired) electrons. The number of benzene rings is 1. The Kier molecular flexibility index (Phi) is 7.24. The van der Waals surface area contributed by atoms with E-state index in [4.69, 9.17) is 21.6 Å². The van der Waals surface area contributed by atoms with E-state index in [0.29, 0.717) is 47.2 Å². The van der Waals surface area contributed by atoms with Crippen LogP contribution < -0.4 is 10.1 Å². The molecule has 4 rings (SSSR count). The number of ether oxygens (including phenoxy) is 1. The summed E-state index contributed by atoms with van der Waals surface area (Å²) in [4.78, 5) is 23.5. The first-order chi connectivity index (χ1) is 17.0. The minimum absolute atomic E-state index is 0.157. The molecule has 0 spiro atoms. The lowest BCUT2D eigenvalue weighted by molar-refractivity contribution is -0.164. The molecule has 8 nitrogen and oxygen atoms in total. The van der Waals surface area contributed by atoms with E-state index in [9.17, 15) is 9.90 Å². The van der Waals surface area contributed by atoms with Crippen molar-refractivity contribution in [1.29, 1.82) is 5.26 Å². The van der Waals surface area contributed by atoms with Gasteiger partial charge in [0.05, 0.1) is 22.3 Å². The van der Waals surface area contributed by atoms with Crippen molar-refractivity contribution in [2.24, 2.45) is 10.8 Å². The lowest BCUT2D eigenvalue weighted by atomic mass is 9.49. The van der Waals surface area contributed by atoms with E-state index < -0.39 is 0 Å². The number of carbonyl (C=O) groups is 1. The van der Waals surface area contributed by atoms with Gasteiger partial charge in [0, 0.05) is 61.4 Å². The van der Waals surface area contributed by atoms with E-state index in [-0.39, 0.29) is 35.0 Å². The van der Waals surface area contributed by atoms with Crippen LogP contribution in [0.15, 0.2) is 30.6 Å². The molecular formula is C27H30ClN5O3. The van der Waals surface area contributed by atoms with Crippen LogP contribution in [0.3, 0.4) is 0 Å². The number of nitrogens with one attached hydrogen (secondary N) is 1. The van der Waals surface area contributed by atoms with Crippen LogP contribution in [0, 0.1) is 34.0 Å². The summed E-state index contributed by atoms with van der Waals surface area (Å²) < 4.78 is 6.27. The fraction of sp³-hybridized carbons (Fsp3) is 0.481. The molecule has 188 valence electrons. The maximum Gasteiger partial charge on any atom is 0.254 e. The number of amides is 1. The first-order valence-electron chi connectivity index (χ1n) is 11.9. The Morgan fingerprint density at radius 1 is 1.25 bits per heavy atom. The molecule has 0 atom stereocenters. The fourth-order valence-corrected chi connectivity index (χ4v) is 5.61. The highest BCUT2D eigenvalue weighted by atomic mass is 35.5. The number of hydrogen-bond donors (Lipinski definition) is 2. The Hall–Kier alpha value is -3.17. The second-order valence-corrected chi connectivity index (χ2v) is 11.0. The van der Waals surface area contributed by atoms with Crippen molar-refractivity contribution in [3.05, 3.63) is 52.6 Å². The van der Waals surface area contributed by atoms with E-state index in [1.54, 1.807) is 18.2 Å². The van der Waals surface area contributed by atoms with Gasteiger partial charge in [-0.1, -0.05) is 45.2 Å². The summed E-state index contributed by atoms with van der Waals surface area (Å²) in [5, 5.41) is 21.9. The highest BCUT2D eigenvalue weighted by Crippen LogP contribution is 2.55. The molecule has 1 aliphatic heterocycles. The highest BCUT2D eigenvalue weighted by Gasteiger charge is 2.64. The summed E-state index contributed by atoms with van der Waals surface area (Å²) in [6, 6.07) is 6.91. The Morgan fingerprint density at radius 3 is 2.50 bits per heavy atom. The monoisotopic (exact) mass is 507 g/mol. The fourth-order valence-electron chi connectivity index (χ4n) is 5.40. The van der Waals surface area contributed by atoms with Crippen molar-refractivity contribution in [3.8, 4) is 23.7 Å². The molecule has 1 amide bonds. The maximum absolute atomic E-state index is 13.0. The number of carbonyl (C=O) groups excluding carboxylic acids is 1. The van der Waals surface area contributed by atoms with Crippen LogP contribution in [0.1, 0.15) is 55.9 Å². The number of aliphatic hydroxyl groups is 1. The summed E-state index contributed by atoms with van der Waals surface area (Å²) in [6.45, 7) is 10.4. The van der Waals surface area contributed by atoms with Crippen LogP contribution in [-0.2, 0) is 0 Å². The van der Waals surface area contributed by atoms with Crippen LogP contribution in [0.4, 0.5) is 0 Å². The van der Waals surface area contributed by atoms with Gasteiger partial charge in [-0.25, -0.2) is 9.97 Å². The summed E-state index contributed by atoms with van der Waals surface area (Å²) >= 11 is 6.16. The van der Waals surface area contributed by atoms with Crippen LogP contribution in [0.25, 0.3) is 0 Å². The third-order valence-corrected chi connectivity index (χ3v) is 7.35. The number of nitriles is 1. The molecule has 1 saturated heterocycles. The van der Waals surface area contributed by atoms with Gasteiger partial charge in [-0.15, -0.1) is 0 Å². The smallest absolute Gasteiger partial charge is 0.254 e. The van der Waals surface area contributed by atoms with E-state index in [0.717, 1.165) is 6.54 Å². The maximum atomic E-state index is 13.0. The quantitative estimate of drug-likeness (QED) is 0.578. The molecule has 2 aromatic rings. The number of likely N-dealkylation sites (tertiary alicyclic amines) is 1. The topological polar surface area (TPSA) is 111 Å². The Balaban J connectivity index is 1.35. The van der Waals surface area contributed by atoms with Crippen molar-refractivity contribution in [2.45, 2.75) is 52.4 Å². The number of aromatic nitrogens is 2. The van der Waals surface area contributed by atoms with Crippen molar-refractivity contribution in [2.75, 3.05) is 19.6 Å². The number of aliphatic hydroxyl groups excluding tert-OH is 1. The summed E-state index contributed by atoms with van der Waals surface area (Å²) in [7, 11) is 0. The normalized spacial score (nSPS) is 22.2. The molecular weight excluding hydrogens is 478 g/mol. The molecule has 2 fully saturated rings. The van der Waals surface area contributed by atoms with E-state index >= 15 is 0 Å². The average molecular weight is 508 g/mol. The molecule has 36 heavy (non-hydrogen) atoms. The molecule has 2 aliphatic rings. The first-order valence-corrected chi connectivity index (χ1v) is 12.3. The van der Waals surface area contributed by atoms with Gasteiger partial charge >= 0.3 is 0 Å². The van der Waals surface area contributed by atoms with E-state index in [1.165, 1.54) is 12.4 Å². The second-order valence-electron chi connectivity index (χ2n) is 10.6. The third-order valence-electron chi connectivity index (χ3n) is 7.04.